The van der Waals surface area contributed by atoms with Crippen LogP contribution in [0.3, 0.4) is 0 Å². The van der Waals surface area contributed by atoms with Crippen LogP contribution in [0.25, 0.3) is 11.1 Å². The van der Waals surface area contributed by atoms with Crippen molar-refractivity contribution in [3.8, 4) is 11.1 Å². The number of hydrogen-bond donors (Lipinski definition) is 2. The van der Waals surface area contributed by atoms with Gasteiger partial charge < -0.3 is 24.5 Å². The van der Waals surface area contributed by atoms with E-state index in [1.54, 1.807) is 0 Å². The lowest BCUT2D eigenvalue weighted by Crippen LogP contribution is -2.60. The number of hydrogen-bond acceptors (Lipinski definition) is 9. The van der Waals surface area contributed by atoms with Crippen LogP contribution in [0.15, 0.2) is 58.9 Å². The molecule has 2 N–H and O–H groups in total. The van der Waals surface area contributed by atoms with Gasteiger partial charge in [-0.2, -0.15) is 79.0 Å². The molecular formula is C43H36F18N4O6S. The molecule has 10 nitrogen and oxygen atoms in total. The summed E-state index contributed by atoms with van der Waals surface area (Å²) in [6.45, 7) is 6.68. The number of oxazole rings is 1. The Balaban J connectivity index is 1.36. The Morgan fingerprint density at radius 1 is 0.708 bits per heavy atom. The van der Waals surface area contributed by atoms with Crippen LogP contribution in [0.2, 0.25) is 0 Å². The predicted octanol–water partition coefficient (Wildman–Crippen LogP) is 12.7. The zero-order valence-electron chi connectivity index (χ0n) is 36.9. The van der Waals surface area contributed by atoms with Crippen LogP contribution < -0.4 is 10.6 Å². The Bertz CT molecular complexity index is 2560. The summed E-state index contributed by atoms with van der Waals surface area (Å²) in [7, 11) is 0. The van der Waals surface area contributed by atoms with E-state index in [1.165, 1.54) is 32.2 Å². The molecule has 0 spiro atoms. The number of aromatic nitrogens is 2. The number of aryl methyl sites for hydroxylation is 3. The monoisotopic (exact) mass is 1080 g/mol. The molecule has 72 heavy (non-hydrogen) atoms. The average Bonchev–Trinajstić information content (AvgIpc) is 4.01. The minimum atomic E-state index is -7.18. The number of amides is 2. The third-order valence-corrected chi connectivity index (χ3v) is 12.1. The fraction of sp³-hybridized carbons (Fsp3) is 0.465. The van der Waals surface area contributed by atoms with Crippen LogP contribution in [-0.4, -0.2) is 89.0 Å². The molecule has 0 bridgehead atoms. The average molecular weight is 1080 g/mol. The normalized spacial score (nSPS) is 14.8. The van der Waals surface area contributed by atoms with E-state index in [0.717, 1.165) is 47.7 Å². The Hall–Kier alpha value is -6.03. The number of fused-ring (bicyclic) bond motifs is 3. The standard InChI is InChI=1S/C43H36F18N4O6S/c1-5-14-69-34(67)29-18-72-33(64-29)20(3)62-31(66)30-21(4)71-32(65-30)19(2)63-35(68)70-17-28-26-15-22(10-12-36(44,45)38(48,49)40(52,53)42(56,57)58)6-8-24(26)25-9-7-23(16-27(25)28)11-13-37(46,47)39(50,51)41(54,55)43(59,60)61/h5-9,15-16,18-20,28H,1,10-14,17H2,2-4H3,(H,62,66)(H,63,68)/t19-,20-/m0/s1. The summed E-state index contributed by atoms with van der Waals surface area (Å²) in [4.78, 5) is 46.7. The molecule has 4 aromatic rings. The van der Waals surface area contributed by atoms with Gasteiger partial charge in [-0.05, 0) is 67.0 Å². The molecule has 0 unspecified atom stereocenters. The second-order valence-electron chi connectivity index (χ2n) is 16.2. The Kier molecular flexibility index (Phi) is 15.9. The van der Waals surface area contributed by atoms with E-state index < -0.39 is 127 Å². The molecule has 2 amide bonds. The second kappa shape index (κ2) is 20.1. The third-order valence-electron chi connectivity index (χ3n) is 11.0. The summed E-state index contributed by atoms with van der Waals surface area (Å²) in [5.74, 6) is -43.5. The third kappa shape index (κ3) is 11.0. The van der Waals surface area contributed by atoms with Gasteiger partial charge >= 0.3 is 60.0 Å². The molecule has 5 rings (SSSR count). The number of esters is 1. The van der Waals surface area contributed by atoms with Gasteiger partial charge in [-0.25, -0.2) is 19.6 Å². The molecule has 0 fully saturated rings. The van der Waals surface area contributed by atoms with Crippen LogP contribution in [0.1, 0.15) is 105 Å². The first-order valence-electron chi connectivity index (χ1n) is 20.5. The number of carbonyl (C=O) groups excluding carboxylic acids is 3. The first-order valence-corrected chi connectivity index (χ1v) is 21.4. The van der Waals surface area contributed by atoms with Crippen LogP contribution >= 0.6 is 11.3 Å². The second-order valence-corrected chi connectivity index (χ2v) is 17.1. The topological polar surface area (TPSA) is 133 Å². The molecule has 1 aliphatic rings. The van der Waals surface area contributed by atoms with Crippen LogP contribution in [-0.2, 0) is 22.3 Å². The van der Waals surface area contributed by atoms with E-state index in [1.807, 2.05) is 0 Å². The maximum absolute atomic E-state index is 14.5. The van der Waals surface area contributed by atoms with Gasteiger partial charge in [0.2, 0.25) is 5.89 Å². The van der Waals surface area contributed by atoms with E-state index in [0.29, 0.717) is 5.01 Å². The van der Waals surface area contributed by atoms with Crippen molar-refractivity contribution in [2.24, 2.45) is 0 Å². The van der Waals surface area contributed by atoms with Crippen LogP contribution in [0.5, 0.6) is 0 Å². The smallest absolute Gasteiger partial charge is 0.457 e. The highest BCUT2D eigenvalue weighted by Gasteiger charge is 2.82. The van der Waals surface area contributed by atoms with Gasteiger partial charge in [-0.15, -0.1) is 11.3 Å². The van der Waals surface area contributed by atoms with Gasteiger partial charge in [0, 0.05) is 24.1 Å². The van der Waals surface area contributed by atoms with Crippen molar-refractivity contribution in [1.29, 1.82) is 0 Å². The van der Waals surface area contributed by atoms with Crippen LogP contribution in [0.4, 0.5) is 83.8 Å². The van der Waals surface area contributed by atoms with Crippen molar-refractivity contribution in [2.75, 3.05) is 13.2 Å². The van der Waals surface area contributed by atoms with Crippen molar-refractivity contribution < 1.29 is 107 Å². The molecule has 0 aliphatic heterocycles. The van der Waals surface area contributed by atoms with Gasteiger partial charge in [0.15, 0.2) is 11.4 Å². The molecule has 29 heteroatoms. The SMILES string of the molecule is C=CCOC(=O)c1csc([C@H](C)NC(=O)c2nc([C@H](C)NC(=O)OCC3c4cc(CCC(F)(F)C(F)(F)C(F)(F)C(F)(F)F)ccc4-c4ccc(CCC(F)(F)C(F)(F)C(F)(F)C(F)(F)F)cc43)oc2C)n1. The van der Waals surface area contributed by atoms with Crippen LogP contribution in [0, 0.1) is 6.92 Å². The van der Waals surface area contributed by atoms with Crippen molar-refractivity contribution in [1.82, 2.24) is 20.6 Å². The molecule has 396 valence electrons. The van der Waals surface area contributed by atoms with E-state index in [4.69, 9.17) is 13.9 Å². The lowest BCUT2D eigenvalue weighted by atomic mass is 9.92. The molecule has 1 aliphatic carbocycles. The summed E-state index contributed by atoms with van der Waals surface area (Å²) in [6.07, 6.45) is -21.3. The minimum Gasteiger partial charge on any atom is -0.457 e. The Morgan fingerprint density at radius 3 is 1.65 bits per heavy atom. The number of nitrogens with one attached hydrogen (secondary N) is 2. The van der Waals surface area contributed by atoms with E-state index in [9.17, 15) is 93.4 Å². The zero-order valence-corrected chi connectivity index (χ0v) is 37.7. The van der Waals surface area contributed by atoms with Gasteiger partial charge in [0.05, 0.1) is 6.04 Å². The summed E-state index contributed by atoms with van der Waals surface area (Å²) in [5, 5.41) is 6.61. The molecule has 0 saturated heterocycles. The summed E-state index contributed by atoms with van der Waals surface area (Å²) < 4.78 is 261. The number of halogens is 18. The van der Waals surface area contributed by atoms with E-state index >= 15 is 0 Å². The number of benzene rings is 2. The fourth-order valence-electron chi connectivity index (χ4n) is 7.05. The number of alkyl halides is 18. The number of ether oxygens (including phenoxy) is 2. The van der Waals surface area contributed by atoms with Crippen molar-refractivity contribution >= 4 is 29.3 Å². The fourth-order valence-corrected chi connectivity index (χ4v) is 7.84. The number of alkyl carbamates (subject to hydrolysis) is 1. The van der Waals surface area contributed by atoms with Crippen molar-refractivity contribution in [2.45, 2.75) is 112 Å². The summed E-state index contributed by atoms with van der Waals surface area (Å²) in [6, 6.07) is 4.06. The molecular weight excluding hydrogens is 1040 g/mol. The highest BCUT2D eigenvalue weighted by atomic mass is 32.1. The minimum absolute atomic E-state index is 0.0362. The first kappa shape index (κ1) is 56.9. The van der Waals surface area contributed by atoms with Crippen molar-refractivity contribution in [3.63, 3.8) is 0 Å². The quantitative estimate of drug-likeness (QED) is 0.0508. The first-order chi connectivity index (χ1) is 32.9. The Morgan fingerprint density at radius 2 is 1.19 bits per heavy atom. The molecule has 2 aromatic heterocycles. The molecule has 2 atom stereocenters. The molecule has 2 aromatic carbocycles. The predicted molar refractivity (Wildman–Crippen MR) is 215 cm³/mol. The van der Waals surface area contributed by atoms with E-state index in [-0.39, 0.29) is 51.9 Å². The molecule has 0 saturated carbocycles. The summed E-state index contributed by atoms with van der Waals surface area (Å²) >= 11 is 1.02. The lowest BCUT2D eigenvalue weighted by Gasteiger charge is -2.33. The van der Waals surface area contributed by atoms with Gasteiger partial charge in [0.1, 0.15) is 30.0 Å². The highest BCUT2D eigenvalue weighted by Crippen LogP contribution is 2.56. The molecule has 2 heterocycles. The highest BCUT2D eigenvalue weighted by molar-refractivity contribution is 7.09. The van der Waals surface area contributed by atoms with E-state index in [2.05, 4.69) is 27.2 Å². The maximum atomic E-state index is 14.5. The van der Waals surface area contributed by atoms with Gasteiger partial charge in [-0.1, -0.05) is 49.1 Å². The number of carbonyl (C=O) groups is 3. The summed E-state index contributed by atoms with van der Waals surface area (Å²) in [5.41, 5.74) is -1.10. The van der Waals surface area contributed by atoms with Gasteiger partial charge in [-0.3, -0.25) is 4.79 Å². The Labute approximate surface area is 398 Å². The number of rotatable bonds is 20. The van der Waals surface area contributed by atoms with Crippen molar-refractivity contribution in [3.05, 3.63) is 105 Å². The molecule has 0 radical (unpaired) electrons. The number of nitrogens with zero attached hydrogens (tertiary/aromatic N) is 2. The van der Waals surface area contributed by atoms with Gasteiger partial charge in [0.25, 0.3) is 5.91 Å². The largest absolute Gasteiger partial charge is 0.460 e. The lowest BCUT2D eigenvalue weighted by molar-refractivity contribution is -0.396. The number of thiazole rings is 1. The zero-order chi connectivity index (χ0) is 54.4. The maximum Gasteiger partial charge on any atom is 0.460 e.